The van der Waals surface area contributed by atoms with Gasteiger partial charge in [0, 0.05) is 59.7 Å². The maximum Gasteiger partial charge on any atom is 0.146 e. The molecule has 0 spiro atoms. The zero-order chi connectivity index (χ0) is 38.1. The third kappa shape index (κ3) is 3.60. The SMILES string of the molecule is c1ccc(-n2c3ccccc3c3cc(-c4cccc5c6cc7ccccc7c7c8nc9c(cc8n(c45)c67)c4c5ccccc5cc5c6ccccc6n9c54)ccc32)cc1. The van der Waals surface area contributed by atoms with E-state index in [1.165, 1.54) is 120 Å². The molecule has 0 unspecified atom stereocenters. The molecule has 0 bridgehead atoms. The van der Waals surface area contributed by atoms with Gasteiger partial charge in [-0.15, -0.1) is 0 Å². The van der Waals surface area contributed by atoms with Gasteiger partial charge in [-0.25, -0.2) is 4.98 Å². The highest BCUT2D eigenvalue weighted by molar-refractivity contribution is 6.35. The van der Waals surface area contributed by atoms with E-state index in [1.54, 1.807) is 0 Å². The van der Waals surface area contributed by atoms with Gasteiger partial charge in [0.2, 0.25) is 0 Å². The lowest BCUT2D eigenvalue weighted by atomic mass is 9.98. The van der Waals surface area contributed by atoms with E-state index in [9.17, 15) is 0 Å². The van der Waals surface area contributed by atoms with Gasteiger partial charge in [-0.05, 0) is 81.7 Å². The Morgan fingerprint density at radius 3 is 1.75 bits per heavy atom. The van der Waals surface area contributed by atoms with Crippen molar-refractivity contribution in [1.29, 1.82) is 0 Å². The molecule has 4 heteroatoms. The highest BCUT2D eigenvalue weighted by atomic mass is 15.0. The lowest BCUT2D eigenvalue weighted by molar-refractivity contribution is 1.18. The number of aromatic nitrogens is 4. The second kappa shape index (κ2) is 10.5. The molecule has 0 radical (unpaired) electrons. The summed E-state index contributed by atoms with van der Waals surface area (Å²) in [6, 6.07) is 67.2. The van der Waals surface area contributed by atoms with E-state index in [0.717, 1.165) is 16.7 Å². The summed E-state index contributed by atoms with van der Waals surface area (Å²) in [5.74, 6) is 0. The molecule has 270 valence electrons. The smallest absolute Gasteiger partial charge is 0.146 e. The monoisotopic (exact) mass is 746 g/mol. The lowest BCUT2D eigenvalue weighted by Crippen LogP contribution is -1.93. The molecular formula is C55H30N4. The number of hydrogen-bond donors (Lipinski definition) is 0. The molecule has 59 heavy (non-hydrogen) atoms. The summed E-state index contributed by atoms with van der Waals surface area (Å²) in [4.78, 5) is 5.82. The molecule has 0 aliphatic carbocycles. The zero-order valence-electron chi connectivity index (χ0n) is 31.6. The maximum atomic E-state index is 5.82. The summed E-state index contributed by atoms with van der Waals surface area (Å²) in [6.45, 7) is 0. The first-order chi connectivity index (χ1) is 29.3. The quantitative estimate of drug-likeness (QED) is 0.173. The molecule has 0 aliphatic rings. The number of para-hydroxylation sites is 4. The van der Waals surface area contributed by atoms with Crippen LogP contribution in [0.15, 0.2) is 182 Å². The van der Waals surface area contributed by atoms with Crippen LogP contribution in [0.25, 0.3) is 137 Å². The summed E-state index contributed by atoms with van der Waals surface area (Å²) in [5, 5.41) is 16.2. The van der Waals surface area contributed by atoms with Crippen molar-refractivity contribution in [2.24, 2.45) is 0 Å². The molecule has 4 nitrogen and oxygen atoms in total. The average molecular weight is 747 g/mol. The first-order valence-corrected chi connectivity index (χ1v) is 20.4. The van der Waals surface area contributed by atoms with Crippen molar-refractivity contribution in [2.75, 3.05) is 0 Å². The molecule has 9 aromatic carbocycles. The minimum Gasteiger partial charge on any atom is -0.309 e. The number of pyridine rings is 1. The summed E-state index contributed by atoms with van der Waals surface area (Å²) in [7, 11) is 0. The standard InChI is InChI=1S/C55H30N4/c1-2-15-34(16-3-1)57-45-23-10-8-19-38(45)41-27-33(25-26-47(41)57)37-21-12-22-40-43-29-32-14-5-7-18-36(32)50-51-48(58(52(37)40)54(43)50)30-44-49-35-17-6-4-13-31(35)28-42-39-20-9-11-24-46(39)59(53(42)49)55(44)56-51/h1-30H. The van der Waals surface area contributed by atoms with E-state index in [-0.39, 0.29) is 0 Å². The van der Waals surface area contributed by atoms with Crippen LogP contribution in [0.4, 0.5) is 0 Å². The van der Waals surface area contributed by atoms with Gasteiger partial charge in [0.05, 0.1) is 44.1 Å². The second-order valence-corrected chi connectivity index (χ2v) is 16.3. The summed E-state index contributed by atoms with van der Waals surface area (Å²) in [6.07, 6.45) is 0. The van der Waals surface area contributed by atoms with Crippen molar-refractivity contribution < 1.29 is 0 Å². The molecule has 0 N–H and O–H groups in total. The predicted molar refractivity (Wildman–Crippen MR) is 248 cm³/mol. The molecule has 0 fully saturated rings. The Labute approximate surface area is 335 Å². The fourth-order valence-corrected chi connectivity index (χ4v) is 11.1. The molecular weight excluding hydrogens is 717 g/mol. The van der Waals surface area contributed by atoms with Crippen LogP contribution < -0.4 is 0 Å². The van der Waals surface area contributed by atoms with Gasteiger partial charge in [-0.3, -0.25) is 4.40 Å². The van der Waals surface area contributed by atoms with Crippen molar-refractivity contribution in [2.45, 2.75) is 0 Å². The Bertz CT molecular complexity index is 4300. The van der Waals surface area contributed by atoms with Crippen LogP contribution >= 0.6 is 0 Å². The van der Waals surface area contributed by atoms with Gasteiger partial charge in [0.25, 0.3) is 0 Å². The van der Waals surface area contributed by atoms with Gasteiger partial charge in [0.15, 0.2) is 0 Å². The fraction of sp³-hybridized carbons (Fsp3) is 0. The van der Waals surface area contributed by atoms with Crippen LogP contribution in [0.1, 0.15) is 0 Å². The molecule has 6 heterocycles. The fourth-order valence-electron chi connectivity index (χ4n) is 11.1. The number of benzene rings is 9. The van der Waals surface area contributed by atoms with Crippen molar-refractivity contribution in [3.05, 3.63) is 182 Å². The van der Waals surface area contributed by atoms with E-state index in [0.29, 0.717) is 0 Å². The third-order valence-corrected chi connectivity index (χ3v) is 13.4. The number of rotatable bonds is 2. The van der Waals surface area contributed by atoms with Crippen molar-refractivity contribution in [1.82, 2.24) is 18.4 Å². The van der Waals surface area contributed by atoms with Crippen LogP contribution in [0.3, 0.4) is 0 Å². The first-order valence-electron chi connectivity index (χ1n) is 20.4. The van der Waals surface area contributed by atoms with E-state index < -0.39 is 0 Å². The molecule has 0 atom stereocenters. The predicted octanol–water partition coefficient (Wildman–Crippen LogP) is 14.5. The summed E-state index contributed by atoms with van der Waals surface area (Å²) in [5.41, 5.74) is 14.1. The zero-order valence-corrected chi connectivity index (χ0v) is 31.6. The van der Waals surface area contributed by atoms with E-state index >= 15 is 0 Å². The topological polar surface area (TPSA) is 26.6 Å². The van der Waals surface area contributed by atoms with E-state index in [4.69, 9.17) is 4.98 Å². The molecule has 0 aliphatic heterocycles. The van der Waals surface area contributed by atoms with Crippen LogP contribution in [-0.4, -0.2) is 18.4 Å². The molecule has 15 aromatic rings. The Balaban J connectivity index is 1.13. The summed E-state index contributed by atoms with van der Waals surface area (Å²) >= 11 is 0. The Kier molecular flexibility index (Phi) is 5.38. The van der Waals surface area contributed by atoms with E-state index in [1.807, 2.05) is 0 Å². The van der Waals surface area contributed by atoms with Gasteiger partial charge in [-0.1, -0.05) is 127 Å². The van der Waals surface area contributed by atoms with Crippen molar-refractivity contribution in [3.63, 3.8) is 0 Å². The van der Waals surface area contributed by atoms with Crippen LogP contribution in [-0.2, 0) is 0 Å². The first kappa shape index (κ1) is 30.2. The normalized spacial score (nSPS) is 12.7. The summed E-state index contributed by atoms with van der Waals surface area (Å²) < 4.78 is 7.38. The molecule has 0 saturated carbocycles. The molecule has 15 rings (SSSR count). The van der Waals surface area contributed by atoms with Crippen LogP contribution in [0, 0.1) is 0 Å². The highest BCUT2D eigenvalue weighted by Crippen LogP contribution is 2.48. The Morgan fingerprint density at radius 2 is 0.949 bits per heavy atom. The van der Waals surface area contributed by atoms with Crippen LogP contribution in [0.5, 0.6) is 0 Å². The average Bonchev–Trinajstić information content (AvgIpc) is 4.08. The number of hydrogen-bond acceptors (Lipinski definition) is 1. The maximum absolute atomic E-state index is 5.82. The van der Waals surface area contributed by atoms with Gasteiger partial charge in [0.1, 0.15) is 5.65 Å². The van der Waals surface area contributed by atoms with E-state index in [2.05, 4.69) is 195 Å². The van der Waals surface area contributed by atoms with Gasteiger partial charge in [-0.2, -0.15) is 0 Å². The lowest BCUT2D eigenvalue weighted by Gasteiger charge is -2.09. The van der Waals surface area contributed by atoms with Crippen molar-refractivity contribution >= 4 is 120 Å². The Morgan fingerprint density at radius 1 is 0.339 bits per heavy atom. The minimum absolute atomic E-state index is 1.01. The molecule has 6 aromatic heterocycles. The largest absolute Gasteiger partial charge is 0.309 e. The second-order valence-electron chi connectivity index (χ2n) is 16.3. The number of nitrogens with zero attached hydrogens (tertiary/aromatic N) is 4. The van der Waals surface area contributed by atoms with Crippen molar-refractivity contribution in [3.8, 4) is 16.8 Å². The molecule has 0 saturated heterocycles. The number of fused-ring (bicyclic) bond motifs is 19. The van der Waals surface area contributed by atoms with Crippen LogP contribution in [0.2, 0.25) is 0 Å². The third-order valence-electron chi connectivity index (χ3n) is 13.4. The van der Waals surface area contributed by atoms with Gasteiger partial charge >= 0.3 is 0 Å². The minimum atomic E-state index is 1.01. The Hall–Kier alpha value is -7.95. The highest BCUT2D eigenvalue weighted by Gasteiger charge is 2.27. The molecule has 0 amide bonds. The van der Waals surface area contributed by atoms with Gasteiger partial charge < -0.3 is 8.97 Å².